The van der Waals surface area contributed by atoms with Crippen LogP contribution in [0.15, 0.2) is 46.7 Å². The molecule has 0 spiro atoms. The van der Waals surface area contributed by atoms with Gasteiger partial charge in [0, 0.05) is 42.6 Å². The Morgan fingerprint density at radius 3 is 2.16 bits per heavy atom. The molecule has 2 heterocycles. The quantitative estimate of drug-likeness (QED) is 0.283. The number of hydrogen-bond acceptors (Lipinski definition) is 1. The van der Waals surface area contributed by atoms with Gasteiger partial charge in [0.05, 0.1) is 5.92 Å². The van der Waals surface area contributed by atoms with Gasteiger partial charge in [-0.1, -0.05) is 63.5 Å². The summed E-state index contributed by atoms with van der Waals surface area (Å²) in [4.78, 5) is 2.89. The molecule has 6 fully saturated rings. The van der Waals surface area contributed by atoms with Crippen molar-refractivity contribution in [3.63, 3.8) is 0 Å². The Morgan fingerprint density at radius 1 is 0.674 bits per heavy atom. The zero-order chi connectivity index (χ0) is 28.9. The van der Waals surface area contributed by atoms with E-state index in [2.05, 4.69) is 47.6 Å². The van der Waals surface area contributed by atoms with E-state index in [1.165, 1.54) is 135 Å². The molecule has 5 saturated carbocycles. The summed E-state index contributed by atoms with van der Waals surface area (Å²) in [6, 6.07) is 1.67. The summed E-state index contributed by atoms with van der Waals surface area (Å²) in [5.41, 5.74) is 8.70. The molecule has 0 aromatic rings. The molecule has 2 heteroatoms. The molecule has 8 unspecified atom stereocenters. The lowest BCUT2D eigenvalue weighted by Gasteiger charge is -2.41. The molecule has 8 rings (SSSR count). The fourth-order valence-electron chi connectivity index (χ4n) is 12.9. The van der Waals surface area contributed by atoms with Crippen LogP contribution in [0.4, 0.5) is 0 Å². The maximum atomic E-state index is 2.89. The zero-order valence-electron chi connectivity index (χ0n) is 27.7. The summed E-state index contributed by atoms with van der Waals surface area (Å²) in [6.45, 7) is 7.27. The minimum Gasteiger partial charge on any atom is -0.372 e. The van der Waals surface area contributed by atoms with Crippen LogP contribution < -0.4 is 0 Å². The van der Waals surface area contributed by atoms with Crippen molar-refractivity contribution in [1.29, 1.82) is 0 Å². The van der Waals surface area contributed by atoms with Crippen molar-refractivity contribution in [2.45, 2.75) is 148 Å². The average molecular weight is 582 g/mol. The van der Waals surface area contributed by atoms with Crippen LogP contribution in [-0.2, 0) is 0 Å². The lowest BCUT2D eigenvalue weighted by Crippen LogP contribution is -2.39. The fourth-order valence-corrected chi connectivity index (χ4v) is 12.9. The molecule has 0 amide bonds. The minimum absolute atomic E-state index is 0.797. The van der Waals surface area contributed by atoms with E-state index >= 15 is 0 Å². The van der Waals surface area contributed by atoms with Crippen molar-refractivity contribution in [2.75, 3.05) is 13.1 Å². The average Bonchev–Trinajstić information content (AvgIpc) is 3.71. The van der Waals surface area contributed by atoms with E-state index < -0.39 is 0 Å². The molecule has 6 aliphatic carbocycles. The first kappa shape index (κ1) is 28.9. The summed E-state index contributed by atoms with van der Waals surface area (Å²) in [6.07, 6.45) is 38.0. The number of nitrogens with zero attached hydrogens (tertiary/aromatic N) is 2. The molecule has 1 saturated heterocycles. The minimum atomic E-state index is 0.797. The molecule has 8 aliphatic rings. The van der Waals surface area contributed by atoms with Crippen LogP contribution in [0.3, 0.4) is 0 Å². The van der Waals surface area contributed by atoms with E-state index in [0.29, 0.717) is 0 Å². The van der Waals surface area contributed by atoms with Gasteiger partial charge in [-0.2, -0.15) is 0 Å². The van der Waals surface area contributed by atoms with Crippen molar-refractivity contribution in [3.8, 4) is 0 Å². The highest BCUT2D eigenvalue weighted by molar-refractivity contribution is 5.94. The fraction of sp³-hybridized carbons (Fsp3) is 0.780. The molecule has 2 aliphatic heterocycles. The third kappa shape index (κ3) is 4.99. The highest BCUT2D eigenvalue weighted by Gasteiger charge is 2.54. The number of rotatable bonds is 6. The maximum Gasteiger partial charge on any atom is 0.179 e. The number of hydrogen-bond donors (Lipinski definition) is 0. The molecule has 0 aromatic heterocycles. The van der Waals surface area contributed by atoms with Gasteiger partial charge in [-0.25, -0.2) is 4.58 Å². The lowest BCUT2D eigenvalue weighted by molar-refractivity contribution is -0.564. The smallest absolute Gasteiger partial charge is 0.179 e. The van der Waals surface area contributed by atoms with Gasteiger partial charge in [-0.3, -0.25) is 0 Å². The van der Waals surface area contributed by atoms with Crippen LogP contribution in [0.5, 0.6) is 0 Å². The van der Waals surface area contributed by atoms with Gasteiger partial charge in [0.2, 0.25) is 0 Å². The Kier molecular flexibility index (Phi) is 8.27. The van der Waals surface area contributed by atoms with Crippen LogP contribution in [0.1, 0.15) is 136 Å². The SMILES string of the molecule is CCN1/C(=C/C=C2\CCC(/C=C/C3=[N+](CC)C4CCCC5CCCC3C54)=C2C2CCCCC2)C2CCCC3CCCC1C32. The third-order valence-corrected chi connectivity index (χ3v) is 14.4. The summed E-state index contributed by atoms with van der Waals surface area (Å²) >= 11 is 0. The van der Waals surface area contributed by atoms with Gasteiger partial charge in [0.15, 0.2) is 11.8 Å². The Bertz CT molecular complexity index is 1200. The van der Waals surface area contributed by atoms with Crippen LogP contribution in [0.25, 0.3) is 0 Å². The second kappa shape index (κ2) is 12.3. The van der Waals surface area contributed by atoms with Crippen molar-refractivity contribution in [2.24, 2.45) is 41.4 Å². The van der Waals surface area contributed by atoms with Crippen LogP contribution >= 0.6 is 0 Å². The van der Waals surface area contributed by atoms with E-state index in [4.69, 9.17) is 0 Å². The second-order valence-electron chi connectivity index (χ2n) is 16.1. The molecule has 2 nitrogen and oxygen atoms in total. The lowest BCUT2D eigenvalue weighted by atomic mass is 9.64. The Labute approximate surface area is 263 Å². The van der Waals surface area contributed by atoms with Crippen LogP contribution in [0, 0.1) is 41.4 Å². The summed E-state index contributed by atoms with van der Waals surface area (Å²) < 4.78 is 2.89. The van der Waals surface area contributed by atoms with E-state index in [1.54, 1.807) is 28.1 Å². The van der Waals surface area contributed by atoms with Gasteiger partial charge in [-0.05, 0) is 125 Å². The molecular formula is C41H61N2+. The highest BCUT2D eigenvalue weighted by Crippen LogP contribution is 2.54. The van der Waals surface area contributed by atoms with E-state index in [9.17, 15) is 0 Å². The molecular weight excluding hydrogens is 520 g/mol. The molecule has 234 valence electrons. The van der Waals surface area contributed by atoms with E-state index in [0.717, 1.165) is 53.5 Å². The molecule has 0 bridgehead atoms. The first-order valence-electron chi connectivity index (χ1n) is 19.5. The first-order chi connectivity index (χ1) is 21.3. The van der Waals surface area contributed by atoms with E-state index in [1.807, 2.05) is 0 Å². The highest BCUT2D eigenvalue weighted by atomic mass is 15.2. The van der Waals surface area contributed by atoms with Crippen LogP contribution in [-0.4, -0.2) is 40.4 Å². The van der Waals surface area contributed by atoms with Gasteiger partial charge >= 0.3 is 0 Å². The van der Waals surface area contributed by atoms with Crippen molar-refractivity contribution >= 4 is 5.71 Å². The Morgan fingerprint density at radius 2 is 1.40 bits per heavy atom. The van der Waals surface area contributed by atoms with Crippen molar-refractivity contribution in [1.82, 2.24) is 4.90 Å². The van der Waals surface area contributed by atoms with Gasteiger partial charge in [0.25, 0.3) is 0 Å². The predicted molar refractivity (Wildman–Crippen MR) is 180 cm³/mol. The summed E-state index contributed by atoms with van der Waals surface area (Å²) in [5.74, 6) is 6.39. The largest absolute Gasteiger partial charge is 0.372 e. The maximum absolute atomic E-state index is 2.89. The molecule has 43 heavy (non-hydrogen) atoms. The number of likely N-dealkylation sites (tertiary alicyclic amines) is 1. The van der Waals surface area contributed by atoms with Crippen LogP contribution in [0.2, 0.25) is 0 Å². The molecule has 0 radical (unpaired) electrons. The third-order valence-electron chi connectivity index (χ3n) is 14.4. The molecule has 0 N–H and O–H groups in total. The standard InChI is InChI=1S/C41H61N2/c1-3-42-35(33-18-8-14-29-16-10-20-37(42)40(29)33)26-24-31-22-23-32(39(31)28-12-6-5-7-13-28)25-27-36-34-19-9-15-30-17-11-21-38(41(30)34)43(36)4-2/h24-30,33-34,37-38,40-41H,3-23H2,1-2H3/q+1. The van der Waals surface area contributed by atoms with Crippen molar-refractivity contribution < 1.29 is 4.58 Å². The zero-order valence-corrected chi connectivity index (χ0v) is 27.7. The summed E-state index contributed by atoms with van der Waals surface area (Å²) in [7, 11) is 0. The van der Waals surface area contributed by atoms with Crippen molar-refractivity contribution in [3.05, 3.63) is 46.7 Å². The summed E-state index contributed by atoms with van der Waals surface area (Å²) in [5, 5.41) is 0. The Balaban J connectivity index is 1.13. The Hall–Kier alpha value is -1.57. The molecule has 0 aromatic carbocycles. The van der Waals surface area contributed by atoms with E-state index in [-0.39, 0.29) is 0 Å². The predicted octanol–water partition coefficient (Wildman–Crippen LogP) is 10.0. The normalized spacial score (nSPS) is 41.7. The van der Waals surface area contributed by atoms with Gasteiger partial charge < -0.3 is 4.90 Å². The monoisotopic (exact) mass is 581 g/mol. The van der Waals surface area contributed by atoms with Gasteiger partial charge in [-0.15, -0.1) is 0 Å². The molecule has 8 atom stereocenters. The first-order valence-corrected chi connectivity index (χ1v) is 19.5. The van der Waals surface area contributed by atoms with Gasteiger partial charge in [0.1, 0.15) is 6.54 Å². The number of allylic oxidation sites excluding steroid dienone is 8. The second-order valence-corrected chi connectivity index (χ2v) is 16.1. The topological polar surface area (TPSA) is 6.25 Å².